The fourth-order valence-corrected chi connectivity index (χ4v) is 1.92. The minimum Gasteiger partial charge on any atom is -0.298 e. The fraction of sp³-hybridized carbons (Fsp3) is 0. The van der Waals surface area contributed by atoms with E-state index in [9.17, 15) is 14.9 Å². The van der Waals surface area contributed by atoms with E-state index in [1.165, 1.54) is 22.9 Å². The first-order valence-electron chi connectivity index (χ1n) is 3.69. The van der Waals surface area contributed by atoms with Gasteiger partial charge in [-0.05, 0) is 6.07 Å². The molecule has 2 rings (SSSR count). The van der Waals surface area contributed by atoms with Crippen molar-refractivity contribution in [2.24, 2.45) is 0 Å². The van der Waals surface area contributed by atoms with Gasteiger partial charge in [-0.1, -0.05) is 0 Å². The maximum Gasteiger partial charge on any atom is 0.297 e. The van der Waals surface area contributed by atoms with E-state index in [0.29, 0.717) is 22.1 Å². The van der Waals surface area contributed by atoms with E-state index >= 15 is 0 Å². The van der Waals surface area contributed by atoms with Gasteiger partial charge in [0.05, 0.1) is 15.1 Å². The molecule has 14 heavy (non-hydrogen) atoms. The molecule has 70 valence electrons. The highest BCUT2D eigenvalue weighted by molar-refractivity contribution is 7.16. The van der Waals surface area contributed by atoms with Gasteiger partial charge in [0.25, 0.3) is 5.69 Å². The van der Waals surface area contributed by atoms with Gasteiger partial charge in [-0.2, -0.15) is 0 Å². The Morgan fingerprint density at radius 3 is 2.93 bits per heavy atom. The largest absolute Gasteiger partial charge is 0.298 e. The van der Waals surface area contributed by atoms with Crippen molar-refractivity contribution in [3.05, 3.63) is 33.3 Å². The van der Waals surface area contributed by atoms with Crippen LogP contribution < -0.4 is 0 Å². The third kappa shape index (κ3) is 1.25. The zero-order valence-corrected chi connectivity index (χ0v) is 7.65. The maximum atomic E-state index is 10.6. The fourth-order valence-electron chi connectivity index (χ4n) is 1.18. The number of carbonyl (C=O) groups excluding carboxylic acids is 1. The molecular formula is C8H4N2O3S. The summed E-state index contributed by atoms with van der Waals surface area (Å²) in [6.07, 6.45) is 0.589. The van der Waals surface area contributed by atoms with Crippen LogP contribution in [0, 0.1) is 10.1 Å². The van der Waals surface area contributed by atoms with Crippen LogP contribution in [0.4, 0.5) is 5.69 Å². The van der Waals surface area contributed by atoms with Gasteiger partial charge >= 0.3 is 0 Å². The number of fused-ring (bicyclic) bond motifs is 1. The Bertz CT molecular complexity index is 520. The van der Waals surface area contributed by atoms with Crippen molar-refractivity contribution in [1.29, 1.82) is 0 Å². The van der Waals surface area contributed by atoms with Crippen molar-refractivity contribution in [2.75, 3.05) is 0 Å². The number of hydrogen-bond donors (Lipinski definition) is 0. The van der Waals surface area contributed by atoms with Crippen molar-refractivity contribution < 1.29 is 9.72 Å². The van der Waals surface area contributed by atoms with Crippen LogP contribution >= 0.6 is 11.3 Å². The summed E-state index contributed by atoms with van der Waals surface area (Å²) in [7, 11) is 0. The molecule has 0 atom stereocenters. The maximum absolute atomic E-state index is 10.6. The number of rotatable bonds is 2. The Morgan fingerprint density at radius 2 is 2.29 bits per heavy atom. The number of non-ortho nitro benzene ring substituents is 1. The van der Waals surface area contributed by atoms with Crippen LogP contribution in [0.15, 0.2) is 17.6 Å². The van der Waals surface area contributed by atoms with Crippen molar-refractivity contribution >= 4 is 33.5 Å². The van der Waals surface area contributed by atoms with E-state index in [1.807, 2.05) is 0 Å². The second-order valence-electron chi connectivity index (χ2n) is 2.61. The molecule has 6 heteroatoms. The van der Waals surface area contributed by atoms with Crippen LogP contribution in [0.1, 0.15) is 10.4 Å². The van der Waals surface area contributed by atoms with Gasteiger partial charge in [0.1, 0.15) is 6.29 Å². The van der Waals surface area contributed by atoms with E-state index in [-0.39, 0.29) is 5.69 Å². The van der Waals surface area contributed by atoms with Gasteiger partial charge < -0.3 is 0 Å². The number of nitrogens with zero attached hydrogens (tertiary/aromatic N) is 2. The van der Waals surface area contributed by atoms with Crippen LogP contribution in [0.3, 0.4) is 0 Å². The van der Waals surface area contributed by atoms with Gasteiger partial charge in [-0.25, -0.2) is 4.98 Å². The highest BCUT2D eigenvalue weighted by atomic mass is 32.1. The predicted octanol–water partition coefficient (Wildman–Crippen LogP) is 2.02. The van der Waals surface area contributed by atoms with E-state index < -0.39 is 4.92 Å². The molecule has 0 fully saturated rings. The molecule has 0 aliphatic rings. The Balaban J connectivity index is 2.83. The summed E-state index contributed by atoms with van der Waals surface area (Å²) in [5.41, 5.74) is 2.04. The Kier molecular flexibility index (Phi) is 1.97. The first-order valence-corrected chi connectivity index (χ1v) is 4.57. The number of aldehydes is 1. The molecule has 0 radical (unpaired) electrons. The summed E-state index contributed by atoms with van der Waals surface area (Å²) in [5, 5.41) is 10.6. The summed E-state index contributed by atoms with van der Waals surface area (Å²) in [6.45, 7) is 0. The summed E-state index contributed by atoms with van der Waals surface area (Å²) in [5.74, 6) is 0. The smallest absolute Gasteiger partial charge is 0.297 e. The molecule has 0 aliphatic heterocycles. The molecule has 5 nitrogen and oxygen atoms in total. The highest BCUT2D eigenvalue weighted by Gasteiger charge is 2.15. The summed E-state index contributed by atoms with van der Waals surface area (Å²) >= 11 is 1.27. The molecule has 1 heterocycles. The van der Waals surface area contributed by atoms with Gasteiger partial charge in [0, 0.05) is 11.6 Å². The lowest BCUT2D eigenvalue weighted by Gasteiger charge is -1.94. The van der Waals surface area contributed by atoms with Gasteiger partial charge in [-0.3, -0.25) is 14.9 Å². The number of nitro groups is 1. The van der Waals surface area contributed by atoms with Crippen LogP contribution in [-0.4, -0.2) is 16.2 Å². The standard InChI is InChI=1S/C8H4N2O3S/c11-3-5-1-6(10(12)13)8-7(2-5)14-4-9-8/h1-4H. The monoisotopic (exact) mass is 208 g/mol. The van der Waals surface area contributed by atoms with Crippen LogP contribution in [0.5, 0.6) is 0 Å². The van der Waals surface area contributed by atoms with E-state index in [1.54, 1.807) is 6.07 Å². The lowest BCUT2D eigenvalue weighted by atomic mass is 10.2. The van der Waals surface area contributed by atoms with Gasteiger partial charge in [-0.15, -0.1) is 11.3 Å². The Morgan fingerprint density at radius 1 is 1.50 bits per heavy atom. The van der Waals surface area contributed by atoms with Crippen molar-refractivity contribution in [3.63, 3.8) is 0 Å². The summed E-state index contributed by atoms with van der Waals surface area (Å²) in [4.78, 5) is 24.5. The first-order chi connectivity index (χ1) is 6.72. The number of benzene rings is 1. The number of thiazole rings is 1. The van der Waals surface area contributed by atoms with E-state index in [4.69, 9.17) is 0 Å². The molecule has 0 bridgehead atoms. The predicted molar refractivity (Wildman–Crippen MR) is 51.7 cm³/mol. The summed E-state index contributed by atoms with van der Waals surface area (Å²) in [6, 6.07) is 2.82. The number of nitro benzene ring substituents is 1. The van der Waals surface area contributed by atoms with Crippen LogP contribution in [-0.2, 0) is 0 Å². The quantitative estimate of drug-likeness (QED) is 0.430. The second-order valence-corrected chi connectivity index (χ2v) is 3.50. The third-order valence-electron chi connectivity index (χ3n) is 1.77. The molecule has 1 aromatic carbocycles. The van der Waals surface area contributed by atoms with E-state index in [0.717, 1.165) is 0 Å². The average Bonchev–Trinajstić information content (AvgIpc) is 2.63. The minimum absolute atomic E-state index is 0.120. The van der Waals surface area contributed by atoms with Gasteiger partial charge in [0.2, 0.25) is 0 Å². The van der Waals surface area contributed by atoms with E-state index in [2.05, 4.69) is 4.98 Å². The highest BCUT2D eigenvalue weighted by Crippen LogP contribution is 2.28. The lowest BCUT2D eigenvalue weighted by molar-refractivity contribution is -0.383. The zero-order chi connectivity index (χ0) is 10.1. The molecule has 0 unspecified atom stereocenters. The topological polar surface area (TPSA) is 73.1 Å². The molecular weight excluding hydrogens is 204 g/mol. The molecule has 0 aliphatic carbocycles. The molecule has 0 amide bonds. The van der Waals surface area contributed by atoms with Crippen molar-refractivity contribution in [2.45, 2.75) is 0 Å². The first kappa shape index (κ1) is 8.76. The normalized spacial score (nSPS) is 10.3. The van der Waals surface area contributed by atoms with Gasteiger partial charge in [0.15, 0.2) is 5.52 Å². The molecule has 2 aromatic rings. The SMILES string of the molecule is O=Cc1cc([N+](=O)[O-])c2ncsc2c1. The lowest BCUT2D eigenvalue weighted by Crippen LogP contribution is -1.91. The molecule has 0 saturated heterocycles. The molecule has 0 N–H and O–H groups in total. The number of carbonyl (C=O) groups is 1. The second kappa shape index (κ2) is 3.15. The molecule has 0 saturated carbocycles. The van der Waals surface area contributed by atoms with Crippen LogP contribution in [0.2, 0.25) is 0 Å². The number of hydrogen-bond acceptors (Lipinski definition) is 5. The minimum atomic E-state index is -0.533. The molecule has 0 spiro atoms. The average molecular weight is 208 g/mol. The van der Waals surface area contributed by atoms with Crippen LogP contribution in [0.25, 0.3) is 10.2 Å². The summed E-state index contributed by atoms with van der Waals surface area (Å²) < 4.78 is 0.654. The third-order valence-corrected chi connectivity index (χ3v) is 2.55. The number of aromatic nitrogens is 1. The Labute approximate surface area is 82.2 Å². The molecule has 1 aromatic heterocycles. The Hall–Kier alpha value is -1.82. The van der Waals surface area contributed by atoms with Crippen molar-refractivity contribution in [1.82, 2.24) is 4.98 Å². The zero-order valence-electron chi connectivity index (χ0n) is 6.84. The van der Waals surface area contributed by atoms with Crippen molar-refractivity contribution in [3.8, 4) is 0 Å².